The van der Waals surface area contributed by atoms with Crippen molar-refractivity contribution < 1.29 is 9.59 Å². The quantitative estimate of drug-likeness (QED) is 0.511. The molecule has 1 aromatic carbocycles. The molecule has 0 bridgehead atoms. The summed E-state index contributed by atoms with van der Waals surface area (Å²) in [7, 11) is 0. The minimum absolute atomic E-state index is 0.0994. The van der Waals surface area contributed by atoms with Gasteiger partial charge in [-0.05, 0) is 29.4 Å². The second-order valence-corrected chi connectivity index (χ2v) is 7.03. The first kappa shape index (κ1) is 17.2. The van der Waals surface area contributed by atoms with E-state index in [1.807, 2.05) is 24.3 Å². The topological polar surface area (TPSA) is 70.6 Å². The Bertz CT molecular complexity index is 579. The Balaban J connectivity index is 1.83. The lowest BCUT2D eigenvalue weighted by Gasteiger charge is -2.18. The average Bonchev–Trinajstić information content (AvgIpc) is 2.99. The molecule has 0 heterocycles. The van der Waals surface area contributed by atoms with E-state index >= 15 is 0 Å². The maximum Gasteiger partial charge on any atom is 0.329 e. The monoisotopic (exact) mass is 315 g/mol. The van der Waals surface area contributed by atoms with Gasteiger partial charge in [-0.2, -0.15) is 5.10 Å². The van der Waals surface area contributed by atoms with Crippen LogP contribution in [0, 0.1) is 0 Å². The fourth-order valence-corrected chi connectivity index (χ4v) is 2.61. The highest BCUT2D eigenvalue weighted by atomic mass is 16.2. The smallest absolute Gasteiger partial charge is 0.329 e. The fourth-order valence-electron chi connectivity index (χ4n) is 2.61. The van der Waals surface area contributed by atoms with Crippen molar-refractivity contribution in [3.8, 4) is 0 Å². The van der Waals surface area contributed by atoms with Crippen molar-refractivity contribution in [2.75, 3.05) is 0 Å². The molecule has 1 aliphatic carbocycles. The molecule has 2 amide bonds. The third kappa shape index (κ3) is 5.20. The zero-order chi connectivity index (χ0) is 16.9. The number of carbonyl (C=O) groups is 2. The van der Waals surface area contributed by atoms with Gasteiger partial charge >= 0.3 is 11.8 Å². The molecule has 1 saturated carbocycles. The van der Waals surface area contributed by atoms with Crippen LogP contribution in [0.25, 0.3) is 0 Å². The summed E-state index contributed by atoms with van der Waals surface area (Å²) in [5.41, 5.74) is 4.47. The molecular weight excluding hydrogens is 290 g/mol. The van der Waals surface area contributed by atoms with Gasteiger partial charge in [0.05, 0.1) is 6.21 Å². The number of hydrazone groups is 1. The van der Waals surface area contributed by atoms with Crippen molar-refractivity contribution >= 4 is 18.0 Å². The highest BCUT2D eigenvalue weighted by Crippen LogP contribution is 2.21. The van der Waals surface area contributed by atoms with Crippen molar-refractivity contribution in [1.82, 2.24) is 10.7 Å². The number of nitrogens with one attached hydrogen (secondary N) is 2. The van der Waals surface area contributed by atoms with E-state index < -0.39 is 11.8 Å². The summed E-state index contributed by atoms with van der Waals surface area (Å²) in [5.74, 6) is -1.34. The molecule has 124 valence electrons. The van der Waals surface area contributed by atoms with E-state index in [2.05, 4.69) is 36.6 Å². The van der Waals surface area contributed by atoms with E-state index in [4.69, 9.17) is 0 Å². The molecule has 2 N–H and O–H groups in total. The minimum Gasteiger partial charge on any atom is -0.345 e. The van der Waals surface area contributed by atoms with Crippen molar-refractivity contribution in [1.29, 1.82) is 0 Å². The summed E-state index contributed by atoms with van der Waals surface area (Å²) < 4.78 is 0. The molecule has 0 saturated heterocycles. The van der Waals surface area contributed by atoms with E-state index in [0.29, 0.717) is 0 Å². The Morgan fingerprint density at radius 3 is 2.26 bits per heavy atom. The largest absolute Gasteiger partial charge is 0.345 e. The summed E-state index contributed by atoms with van der Waals surface area (Å²) in [5, 5.41) is 6.57. The summed E-state index contributed by atoms with van der Waals surface area (Å²) in [6, 6.07) is 8.08. The summed E-state index contributed by atoms with van der Waals surface area (Å²) in [4.78, 5) is 23.4. The van der Waals surface area contributed by atoms with E-state index in [9.17, 15) is 9.59 Å². The predicted molar refractivity (Wildman–Crippen MR) is 91.3 cm³/mol. The van der Waals surface area contributed by atoms with Crippen LogP contribution in [-0.2, 0) is 15.0 Å². The molecule has 1 aliphatic rings. The van der Waals surface area contributed by atoms with Gasteiger partial charge in [0.25, 0.3) is 0 Å². The van der Waals surface area contributed by atoms with Crippen LogP contribution >= 0.6 is 0 Å². The average molecular weight is 315 g/mol. The fraction of sp³-hybridized carbons (Fsp3) is 0.500. The molecule has 2 rings (SSSR count). The van der Waals surface area contributed by atoms with Gasteiger partial charge in [0.1, 0.15) is 0 Å². The minimum atomic E-state index is -0.723. The summed E-state index contributed by atoms with van der Waals surface area (Å²) in [6.07, 6.45) is 5.64. The van der Waals surface area contributed by atoms with E-state index in [1.54, 1.807) is 0 Å². The number of nitrogens with zero attached hydrogens (tertiary/aromatic N) is 1. The Hall–Kier alpha value is -2.17. The van der Waals surface area contributed by atoms with Crippen LogP contribution in [0.2, 0.25) is 0 Å². The number of amides is 2. The zero-order valence-corrected chi connectivity index (χ0v) is 14.1. The standard InChI is InChI=1S/C18H25N3O2/c1-18(2,3)14-10-8-13(9-11-14)12-19-21-17(23)16(22)20-15-6-4-5-7-15/h8-12,15H,4-7H2,1-3H3,(H,20,22)(H,21,23)/b19-12-. The molecular formula is C18H25N3O2. The molecule has 23 heavy (non-hydrogen) atoms. The number of benzene rings is 1. The molecule has 1 fully saturated rings. The lowest BCUT2D eigenvalue weighted by atomic mass is 9.87. The van der Waals surface area contributed by atoms with E-state index in [-0.39, 0.29) is 11.5 Å². The van der Waals surface area contributed by atoms with Gasteiger partial charge in [0, 0.05) is 6.04 Å². The van der Waals surface area contributed by atoms with Crippen molar-refractivity contribution in [2.45, 2.75) is 57.9 Å². The van der Waals surface area contributed by atoms with Crippen molar-refractivity contribution in [3.63, 3.8) is 0 Å². The van der Waals surface area contributed by atoms with Crippen LogP contribution in [0.15, 0.2) is 29.4 Å². The number of rotatable bonds is 3. The number of carbonyl (C=O) groups excluding carboxylic acids is 2. The zero-order valence-electron chi connectivity index (χ0n) is 14.1. The molecule has 5 nitrogen and oxygen atoms in total. The SMILES string of the molecule is CC(C)(C)c1ccc(/C=N\NC(=O)C(=O)NC2CCCC2)cc1. The van der Waals surface area contributed by atoms with Crippen LogP contribution in [0.4, 0.5) is 0 Å². The van der Waals surface area contributed by atoms with Gasteiger partial charge in [-0.3, -0.25) is 9.59 Å². The van der Waals surface area contributed by atoms with Crippen LogP contribution in [0.3, 0.4) is 0 Å². The maximum atomic E-state index is 11.7. The summed E-state index contributed by atoms with van der Waals surface area (Å²) >= 11 is 0. The van der Waals surface area contributed by atoms with Gasteiger partial charge in [-0.25, -0.2) is 5.43 Å². The van der Waals surface area contributed by atoms with Gasteiger partial charge in [0.15, 0.2) is 0 Å². The lowest BCUT2D eigenvalue weighted by Crippen LogP contribution is -2.42. The van der Waals surface area contributed by atoms with Crippen LogP contribution < -0.4 is 10.7 Å². The third-order valence-electron chi connectivity index (χ3n) is 4.05. The molecule has 0 atom stereocenters. The molecule has 0 spiro atoms. The first-order valence-corrected chi connectivity index (χ1v) is 8.11. The number of hydrogen-bond acceptors (Lipinski definition) is 3. The normalized spacial score (nSPS) is 15.8. The molecule has 0 aromatic heterocycles. The number of hydrogen-bond donors (Lipinski definition) is 2. The summed E-state index contributed by atoms with van der Waals surface area (Å²) in [6.45, 7) is 6.46. The molecule has 1 aromatic rings. The molecule has 0 unspecified atom stereocenters. The highest BCUT2D eigenvalue weighted by molar-refractivity contribution is 6.35. The molecule has 0 radical (unpaired) electrons. The first-order valence-electron chi connectivity index (χ1n) is 8.11. The van der Waals surface area contributed by atoms with E-state index in [0.717, 1.165) is 31.2 Å². The van der Waals surface area contributed by atoms with Gasteiger partial charge < -0.3 is 5.32 Å². The van der Waals surface area contributed by atoms with Crippen molar-refractivity contribution in [2.24, 2.45) is 5.10 Å². The van der Waals surface area contributed by atoms with Crippen LogP contribution in [-0.4, -0.2) is 24.1 Å². The second kappa shape index (κ2) is 7.40. The van der Waals surface area contributed by atoms with Crippen LogP contribution in [0.1, 0.15) is 57.6 Å². The van der Waals surface area contributed by atoms with Crippen molar-refractivity contribution in [3.05, 3.63) is 35.4 Å². The second-order valence-electron chi connectivity index (χ2n) is 7.03. The lowest BCUT2D eigenvalue weighted by molar-refractivity contribution is -0.139. The van der Waals surface area contributed by atoms with E-state index in [1.165, 1.54) is 11.8 Å². The van der Waals surface area contributed by atoms with Gasteiger partial charge in [-0.15, -0.1) is 0 Å². The highest BCUT2D eigenvalue weighted by Gasteiger charge is 2.21. The third-order valence-corrected chi connectivity index (χ3v) is 4.05. The molecule has 0 aliphatic heterocycles. The Kier molecular flexibility index (Phi) is 5.53. The Morgan fingerprint density at radius 1 is 1.09 bits per heavy atom. The maximum absolute atomic E-state index is 11.7. The predicted octanol–water partition coefficient (Wildman–Crippen LogP) is 2.49. The first-order chi connectivity index (χ1) is 10.9. The molecule has 5 heteroatoms. The Labute approximate surface area is 137 Å². The van der Waals surface area contributed by atoms with Gasteiger partial charge in [0.2, 0.25) is 0 Å². The van der Waals surface area contributed by atoms with Gasteiger partial charge in [-0.1, -0.05) is 57.9 Å². The van der Waals surface area contributed by atoms with Crippen LogP contribution in [0.5, 0.6) is 0 Å². The Morgan fingerprint density at radius 2 is 1.70 bits per heavy atom.